The Labute approximate surface area is 309 Å². The van der Waals surface area contributed by atoms with Gasteiger partial charge in [-0.3, -0.25) is 9.59 Å². The Morgan fingerprint density at radius 2 is 1.35 bits per heavy atom. The van der Waals surface area contributed by atoms with E-state index in [1.807, 2.05) is 112 Å². The predicted octanol–water partition coefficient (Wildman–Crippen LogP) is 10.1. The van der Waals surface area contributed by atoms with Gasteiger partial charge < -0.3 is 19.3 Å². The lowest BCUT2D eigenvalue weighted by atomic mass is 9.85. The fraction of sp³-hybridized carbons (Fsp3) is 0.304. The molecule has 1 heterocycles. The number of carbonyl (C=O) groups is 2. The summed E-state index contributed by atoms with van der Waals surface area (Å²) < 4.78 is 12.4. The van der Waals surface area contributed by atoms with Gasteiger partial charge in [0.25, 0.3) is 11.8 Å². The van der Waals surface area contributed by atoms with Gasteiger partial charge in [0.05, 0.1) is 0 Å². The summed E-state index contributed by atoms with van der Waals surface area (Å²) in [4.78, 5) is 30.4. The summed E-state index contributed by atoms with van der Waals surface area (Å²) >= 11 is 0. The summed E-state index contributed by atoms with van der Waals surface area (Å²) in [6, 6.07) is 36.3. The Balaban J connectivity index is 1.01. The van der Waals surface area contributed by atoms with Crippen LogP contribution in [0.3, 0.4) is 0 Å². The number of rotatable bonds is 9. The summed E-state index contributed by atoms with van der Waals surface area (Å²) in [5.74, 6) is 1.70. The van der Waals surface area contributed by atoms with Crippen molar-refractivity contribution in [2.75, 3.05) is 25.0 Å². The number of hydrogen-bond acceptors (Lipinski definition) is 4. The van der Waals surface area contributed by atoms with Crippen LogP contribution in [0.2, 0.25) is 0 Å². The predicted molar refractivity (Wildman–Crippen MR) is 211 cm³/mol. The minimum absolute atomic E-state index is 0.00538. The van der Waals surface area contributed by atoms with E-state index in [0.29, 0.717) is 19.7 Å². The molecule has 6 heteroatoms. The molecule has 0 spiro atoms. The van der Waals surface area contributed by atoms with Crippen LogP contribution < -0.4 is 14.4 Å². The maximum absolute atomic E-state index is 13.8. The van der Waals surface area contributed by atoms with Crippen LogP contribution in [-0.2, 0) is 12.0 Å². The van der Waals surface area contributed by atoms with Crippen molar-refractivity contribution in [2.24, 2.45) is 0 Å². The number of amides is 2. The monoisotopic (exact) mass is 694 g/mol. The van der Waals surface area contributed by atoms with Crippen LogP contribution in [0, 0.1) is 20.8 Å². The standard InChI is InChI=1S/C46H50N2O4/c1-31-12-16-36(17-13-31)44(49)48-26-24-40(25-27-48)52-39-20-14-34(15-21-39)30-51-38-22-18-35(19-23-38)37-28-32(2)43(33(3)29-37)45(50)47(7)42-11-9-8-10-41(42)46(4,5)6/h8-23,28-29,40H,24-27,30H2,1-7H3. The quantitative estimate of drug-likeness (QED) is 0.154. The molecule has 1 aliphatic rings. The van der Waals surface area contributed by atoms with Crippen molar-refractivity contribution in [3.05, 3.63) is 148 Å². The van der Waals surface area contributed by atoms with E-state index in [-0.39, 0.29) is 23.3 Å². The summed E-state index contributed by atoms with van der Waals surface area (Å²) in [5.41, 5.74) is 9.71. The molecule has 0 bridgehead atoms. The first-order chi connectivity index (χ1) is 24.9. The number of hydrogen-bond donors (Lipinski definition) is 0. The van der Waals surface area contributed by atoms with Crippen LogP contribution in [0.5, 0.6) is 11.5 Å². The molecule has 2 amide bonds. The van der Waals surface area contributed by atoms with E-state index in [1.165, 1.54) is 0 Å². The van der Waals surface area contributed by atoms with E-state index < -0.39 is 0 Å². The fourth-order valence-corrected chi connectivity index (χ4v) is 6.97. The largest absolute Gasteiger partial charge is 0.490 e. The van der Waals surface area contributed by atoms with E-state index in [2.05, 4.69) is 51.1 Å². The van der Waals surface area contributed by atoms with Gasteiger partial charge in [0.15, 0.2) is 0 Å². The van der Waals surface area contributed by atoms with Gasteiger partial charge in [-0.1, -0.05) is 93.1 Å². The smallest absolute Gasteiger partial charge is 0.258 e. The summed E-state index contributed by atoms with van der Waals surface area (Å²) in [7, 11) is 1.87. The molecular formula is C46H50N2O4. The molecule has 1 fully saturated rings. The molecule has 0 saturated carbocycles. The molecule has 0 aliphatic carbocycles. The molecule has 0 radical (unpaired) electrons. The van der Waals surface area contributed by atoms with Crippen molar-refractivity contribution in [3.63, 3.8) is 0 Å². The lowest BCUT2D eigenvalue weighted by Gasteiger charge is -2.32. The minimum atomic E-state index is -0.0827. The van der Waals surface area contributed by atoms with Gasteiger partial charge in [0.1, 0.15) is 24.2 Å². The van der Waals surface area contributed by atoms with Gasteiger partial charge >= 0.3 is 0 Å². The van der Waals surface area contributed by atoms with Crippen molar-refractivity contribution >= 4 is 17.5 Å². The van der Waals surface area contributed by atoms with Crippen LogP contribution in [0.25, 0.3) is 11.1 Å². The minimum Gasteiger partial charge on any atom is -0.490 e. The molecule has 5 aromatic rings. The number of para-hydroxylation sites is 1. The average Bonchev–Trinajstić information content (AvgIpc) is 3.14. The highest BCUT2D eigenvalue weighted by Crippen LogP contribution is 2.34. The number of ether oxygens (including phenoxy) is 2. The molecule has 6 nitrogen and oxygen atoms in total. The molecule has 5 aromatic carbocycles. The molecule has 0 aromatic heterocycles. The molecule has 52 heavy (non-hydrogen) atoms. The van der Waals surface area contributed by atoms with Crippen LogP contribution in [0.1, 0.15) is 82.1 Å². The van der Waals surface area contributed by atoms with Crippen LogP contribution >= 0.6 is 0 Å². The fourth-order valence-electron chi connectivity index (χ4n) is 6.97. The normalized spacial score (nSPS) is 13.5. The lowest BCUT2D eigenvalue weighted by Crippen LogP contribution is -2.41. The van der Waals surface area contributed by atoms with E-state index in [1.54, 1.807) is 4.90 Å². The first-order valence-electron chi connectivity index (χ1n) is 18.2. The molecule has 0 N–H and O–H groups in total. The van der Waals surface area contributed by atoms with E-state index in [4.69, 9.17) is 9.47 Å². The van der Waals surface area contributed by atoms with Gasteiger partial charge in [-0.25, -0.2) is 0 Å². The third-order valence-corrected chi connectivity index (χ3v) is 9.97. The summed E-state index contributed by atoms with van der Waals surface area (Å²) in [6.45, 7) is 14.4. The van der Waals surface area contributed by atoms with E-state index in [9.17, 15) is 9.59 Å². The van der Waals surface area contributed by atoms with Crippen molar-refractivity contribution in [2.45, 2.75) is 72.5 Å². The number of anilines is 1. The molecular weight excluding hydrogens is 645 g/mol. The van der Waals surface area contributed by atoms with Gasteiger partial charge in [-0.15, -0.1) is 0 Å². The number of piperidine rings is 1. The highest BCUT2D eigenvalue weighted by atomic mass is 16.5. The average molecular weight is 695 g/mol. The third kappa shape index (κ3) is 8.39. The summed E-state index contributed by atoms with van der Waals surface area (Å²) in [6.07, 6.45) is 1.71. The van der Waals surface area contributed by atoms with Gasteiger partial charge in [-0.2, -0.15) is 0 Å². The van der Waals surface area contributed by atoms with Crippen LogP contribution in [0.4, 0.5) is 5.69 Å². The molecule has 0 atom stereocenters. The molecule has 6 rings (SSSR count). The van der Waals surface area contributed by atoms with Crippen LogP contribution in [-0.4, -0.2) is 43.0 Å². The van der Waals surface area contributed by atoms with Crippen molar-refractivity contribution in [3.8, 4) is 22.6 Å². The van der Waals surface area contributed by atoms with Crippen molar-refractivity contribution < 1.29 is 19.1 Å². The Hall–Kier alpha value is -5.36. The third-order valence-electron chi connectivity index (χ3n) is 9.97. The van der Waals surface area contributed by atoms with Gasteiger partial charge in [-0.05, 0) is 102 Å². The first-order valence-corrected chi connectivity index (χ1v) is 18.2. The maximum atomic E-state index is 13.8. The summed E-state index contributed by atoms with van der Waals surface area (Å²) in [5, 5.41) is 0. The first kappa shape index (κ1) is 36.4. The molecule has 1 saturated heterocycles. The zero-order valence-corrected chi connectivity index (χ0v) is 31.5. The van der Waals surface area contributed by atoms with Crippen LogP contribution in [0.15, 0.2) is 109 Å². The Bertz CT molecular complexity index is 1990. The van der Waals surface area contributed by atoms with Crippen molar-refractivity contribution in [1.29, 1.82) is 0 Å². The zero-order chi connectivity index (χ0) is 37.0. The Morgan fingerprint density at radius 1 is 0.750 bits per heavy atom. The second-order valence-electron chi connectivity index (χ2n) is 15.0. The second-order valence-corrected chi connectivity index (χ2v) is 15.0. The van der Waals surface area contributed by atoms with E-state index >= 15 is 0 Å². The Morgan fingerprint density at radius 3 is 1.96 bits per heavy atom. The van der Waals surface area contributed by atoms with E-state index in [0.717, 1.165) is 80.1 Å². The Kier molecular flexibility index (Phi) is 10.8. The SMILES string of the molecule is Cc1ccc(C(=O)N2CCC(Oc3ccc(COc4ccc(-c5cc(C)c(C(=O)N(C)c6ccccc6C(C)(C)C)c(C)c5)cc4)cc3)CC2)cc1. The topological polar surface area (TPSA) is 59.1 Å². The molecule has 268 valence electrons. The number of nitrogens with zero attached hydrogens (tertiary/aromatic N) is 2. The highest BCUT2D eigenvalue weighted by Gasteiger charge is 2.26. The number of aryl methyl sites for hydroxylation is 3. The van der Waals surface area contributed by atoms with Gasteiger partial charge in [0.2, 0.25) is 0 Å². The maximum Gasteiger partial charge on any atom is 0.258 e. The second kappa shape index (κ2) is 15.5. The van der Waals surface area contributed by atoms with Crippen molar-refractivity contribution in [1.82, 2.24) is 4.90 Å². The lowest BCUT2D eigenvalue weighted by molar-refractivity contribution is 0.0595. The zero-order valence-electron chi connectivity index (χ0n) is 31.5. The molecule has 1 aliphatic heterocycles. The number of likely N-dealkylation sites (tertiary alicyclic amines) is 1. The number of benzene rings is 5. The number of carbonyl (C=O) groups excluding carboxylic acids is 2. The highest BCUT2D eigenvalue weighted by molar-refractivity contribution is 6.08. The molecule has 0 unspecified atom stereocenters. The van der Waals surface area contributed by atoms with Gasteiger partial charge in [0, 0.05) is 49.8 Å².